The topological polar surface area (TPSA) is 108 Å². The van der Waals surface area contributed by atoms with E-state index in [-0.39, 0.29) is 16.6 Å². The molecular formula is C30H33FN6O5S. The van der Waals surface area contributed by atoms with Crippen molar-refractivity contribution in [3.8, 4) is 5.75 Å². The number of hydrogen-bond acceptors (Lipinski definition) is 11. The quantitative estimate of drug-likeness (QED) is 0.328. The molecule has 0 aliphatic carbocycles. The highest BCUT2D eigenvalue weighted by molar-refractivity contribution is 7.81. The lowest BCUT2D eigenvalue weighted by atomic mass is 9.95. The number of aliphatic hydroxyl groups is 1. The summed E-state index contributed by atoms with van der Waals surface area (Å²) >= 11 is 4.92. The van der Waals surface area contributed by atoms with Crippen LogP contribution in [0, 0.1) is 5.82 Å². The smallest absolute Gasteiger partial charge is 0.336 e. The minimum atomic E-state index is -1.39. The Hall–Kier alpha value is -4.20. The summed E-state index contributed by atoms with van der Waals surface area (Å²) in [6, 6.07) is 14.3. The molecule has 13 heteroatoms. The standard InChI is InChI=1S/C30H33FN6O5S/c1-3-34-17-22(29(39)40)27(38)21-15-23(31)25(16-24(21)34)35-12-10-33(11-13-35)18-36-30(43)37(19-6-8-20(41-2)9-7-19)28(32-36)26-5-4-14-42-26/h4-9,14-17,27,30,38,43H,3,10-13,18H2,1-2H3,(H,39,40). The average Bonchev–Trinajstić information content (AvgIpc) is 3.66. The van der Waals surface area contributed by atoms with E-state index in [1.54, 1.807) is 24.3 Å². The number of thiol groups is 1. The molecule has 0 bridgehead atoms. The van der Waals surface area contributed by atoms with Crippen LogP contribution in [-0.2, 0) is 4.79 Å². The molecule has 3 aromatic rings. The Morgan fingerprint density at radius 1 is 1.14 bits per heavy atom. The predicted octanol–water partition coefficient (Wildman–Crippen LogP) is 3.75. The number of halogens is 1. The fourth-order valence-corrected chi connectivity index (χ4v) is 6.03. The van der Waals surface area contributed by atoms with Gasteiger partial charge in [0.25, 0.3) is 0 Å². The summed E-state index contributed by atoms with van der Waals surface area (Å²) in [5.41, 5.74) is 1.60. The Balaban J connectivity index is 1.17. The number of carboxylic acid groups (broad SMARTS) is 1. The van der Waals surface area contributed by atoms with Crippen LogP contribution in [0.4, 0.5) is 21.5 Å². The Kier molecular flexibility index (Phi) is 7.95. The van der Waals surface area contributed by atoms with Gasteiger partial charge in [-0.1, -0.05) is 0 Å². The molecule has 226 valence electrons. The number of hydrazone groups is 1. The predicted molar refractivity (Wildman–Crippen MR) is 164 cm³/mol. The number of amidine groups is 1. The first kappa shape index (κ1) is 28.9. The van der Waals surface area contributed by atoms with Crippen LogP contribution < -0.4 is 19.4 Å². The zero-order valence-corrected chi connectivity index (χ0v) is 24.7. The first-order chi connectivity index (χ1) is 20.8. The highest BCUT2D eigenvalue weighted by atomic mass is 32.1. The van der Waals surface area contributed by atoms with E-state index in [1.807, 2.05) is 58.1 Å². The maximum absolute atomic E-state index is 15.4. The summed E-state index contributed by atoms with van der Waals surface area (Å²) in [4.78, 5) is 19.6. The van der Waals surface area contributed by atoms with Gasteiger partial charge in [-0.15, -0.1) is 12.6 Å². The van der Waals surface area contributed by atoms with Gasteiger partial charge >= 0.3 is 5.97 Å². The fraction of sp³-hybridized carbons (Fsp3) is 0.333. The number of fused-ring (bicyclic) bond motifs is 1. The molecule has 2 aromatic carbocycles. The molecular weight excluding hydrogens is 575 g/mol. The van der Waals surface area contributed by atoms with Crippen molar-refractivity contribution in [1.29, 1.82) is 0 Å². The van der Waals surface area contributed by atoms with Crippen molar-refractivity contribution in [3.63, 3.8) is 0 Å². The van der Waals surface area contributed by atoms with Crippen LogP contribution in [-0.4, -0.2) is 83.9 Å². The van der Waals surface area contributed by atoms with Crippen molar-refractivity contribution < 1.29 is 28.6 Å². The molecule has 0 spiro atoms. The zero-order valence-electron chi connectivity index (χ0n) is 23.8. The number of carbonyl (C=O) groups is 1. The average molecular weight is 609 g/mol. The molecule has 3 aliphatic rings. The number of aliphatic carboxylic acids is 1. The summed E-state index contributed by atoms with van der Waals surface area (Å²) < 4.78 is 26.4. The van der Waals surface area contributed by atoms with E-state index >= 15 is 4.39 Å². The molecule has 3 aliphatic heterocycles. The summed E-state index contributed by atoms with van der Waals surface area (Å²) in [6.07, 6.45) is 1.64. The summed E-state index contributed by atoms with van der Waals surface area (Å²) in [6.45, 7) is 5.32. The lowest BCUT2D eigenvalue weighted by Crippen LogP contribution is -2.51. The van der Waals surface area contributed by atoms with Gasteiger partial charge in [0.2, 0.25) is 0 Å². The minimum absolute atomic E-state index is 0.178. The van der Waals surface area contributed by atoms with Crippen LogP contribution in [0.25, 0.3) is 0 Å². The number of piperazine rings is 1. The number of furan rings is 1. The number of benzene rings is 2. The Bertz CT molecular complexity index is 1540. The summed E-state index contributed by atoms with van der Waals surface area (Å²) in [5.74, 6) is 0.299. The number of nitrogens with zero attached hydrogens (tertiary/aromatic N) is 6. The molecule has 1 aromatic heterocycles. The van der Waals surface area contributed by atoms with Gasteiger partial charge in [0, 0.05) is 55.9 Å². The zero-order chi connectivity index (χ0) is 30.2. The summed E-state index contributed by atoms with van der Waals surface area (Å²) in [5, 5.41) is 26.9. The molecule has 0 saturated carbocycles. The lowest BCUT2D eigenvalue weighted by molar-refractivity contribution is -0.133. The second-order valence-electron chi connectivity index (χ2n) is 10.4. The third-order valence-electron chi connectivity index (χ3n) is 7.98. The maximum Gasteiger partial charge on any atom is 0.336 e. The summed E-state index contributed by atoms with van der Waals surface area (Å²) in [7, 11) is 1.63. The van der Waals surface area contributed by atoms with E-state index in [2.05, 4.69) is 4.90 Å². The van der Waals surface area contributed by atoms with Gasteiger partial charge in [-0.25, -0.2) is 14.2 Å². The number of hydrogen-bond donors (Lipinski definition) is 3. The molecule has 43 heavy (non-hydrogen) atoms. The number of ether oxygens (including phenoxy) is 1. The van der Waals surface area contributed by atoms with E-state index in [1.165, 1.54) is 12.3 Å². The van der Waals surface area contributed by atoms with E-state index in [0.717, 1.165) is 11.4 Å². The molecule has 0 amide bonds. The molecule has 0 radical (unpaired) electrons. The minimum Gasteiger partial charge on any atom is -0.497 e. The normalized spacial score (nSPS) is 20.7. The monoisotopic (exact) mass is 608 g/mol. The van der Waals surface area contributed by atoms with Crippen molar-refractivity contribution in [2.24, 2.45) is 5.10 Å². The number of carboxylic acids is 1. The molecule has 6 rings (SSSR count). The fourth-order valence-electron chi connectivity index (χ4n) is 5.66. The van der Waals surface area contributed by atoms with Gasteiger partial charge in [0.1, 0.15) is 17.7 Å². The number of aliphatic hydroxyl groups excluding tert-OH is 1. The number of rotatable bonds is 8. The van der Waals surface area contributed by atoms with Crippen LogP contribution in [0.2, 0.25) is 0 Å². The van der Waals surface area contributed by atoms with Gasteiger partial charge in [0.15, 0.2) is 17.1 Å². The maximum atomic E-state index is 15.4. The second kappa shape index (κ2) is 11.8. The van der Waals surface area contributed by atoms with Crippen LogP contribution in [0.5, 0.6) is 5.75 Å². The van der Waals surface area contributed by atoms with E-state index < -0.39 is 17.9 Å². The first-order valence-corrected chi connectivity index (χ1v) is 14.5. The van der Waals surface area contributed by atoms with E-state index in [4.69, 9.17) is 26.9 Å². The van der Waals surface area contributed by atoms with Crippen molar-refractivity contribution in [1.82, 2.24) is 9.91 Å². The third-order valence-corrected chi connectivity index (χ3v) is 8.47. The Morgan fingerprint density at radius 2 is 1.88 bits per heavy atom. The third kappa shape index (κ3) is 5.39. The highest BCUT2D eigenvalue weighted by Gasteiger charge is 2.37. The lowest BCUT2D eigenvalue weighted by Gasteiger charge is -2.39. The molecule has 1 saturated heterocycles. The second-order valence-corrected chi connectivity index (χ2v) is 10.9. The molecule has 2 N–H and O–H groups in total. The van der Waals surface area contributed by atoms with Crippen LogP contribution in [0.1, 0.15) is 24.4 Å². The van der Waals surface area contributed by atoms with Gasteiger partial charge in [0.05, 0.1) is 31.3 Å². The van der Waals surface area contributed by atoms with Crippen LogP contribution >= 0.6 is 12.6 Å². The van der Waals surface area contributed by atoms with Crippen LogP contribution in [0.3, 0.4) is 0 Å². The SMILES string of the molecule is CCN1C=C(C(=O)O)C(O)c2cc(F)c(N3CCN(CN4N=C(c5ccco5)N(c5ccc(OC)cc5)C4S)CC3)cc21. The number of anilines is 3. The molecule has 1 fully saturated rings. The van der Waals surface area contributed by atoms with Crippen molar-refractivity contribution in [2.45, 2.75) is 18.5 Å². The Labute approximate surface area is 254 Å². The van der Waals surface area contributed by atoms with Crippen molar-refractivity contribution in [3.05, 3.63) is 83.7 Å². The van der Waals surface area contributed by atoms with Gasteiger partial charge in [-0.2, -0.15) is 5.10 Å². The number of methoxy groups -OCH3 is 1. The van der Waals surface area contributed by atoms with E-state index in [9.17, 15) is 15.0 Å². The van der Waals surface area contributed by atoms with Gasteiger partial charge < -0.3 is 29.2 Å². The Morgan fingerprint density at radius 3 is 2.51 bits per heavy atom. The molecule has 2 atom stereocenters. The van der Waals surface area contributed by atoms with Crippen molar-refractivity contribution in [2.75, 3.05) is 61.2 Å². The molecule has 2 unspecified atom stereocenters. The van der Waals surface area contributed by atoms with Crippen molar-refractivity contribution >= 4 is 41.5 Å². The van der Waals surface area contributed by atoms with Gasteiger partial charge in [-0.05, 0) is 55.5 Å². The first-order valence-electron chi connectivity index (χ1n) is 14.0. The van der Waals surface area contributed by atoms with E-state index in [0.29, 0.717) is 62.4 Å². The van der Waals surface area contributed by atoms with Gasteiger partial charge in [-0.3, -0.25) is 9.80 Å². The molecule has 4 heterocycles. The molecule has 11 nitrogen and oxygen atoms in total. The largest absolute Gasteiger partial charge is 0.497 e. The highest BCUT2D eigenvalue weighted by Crippen LogP contribution is 2.40. The van der Waals surface area contributed by atoms with Crippen LogP contribution in [0.15, 0.2) is 76.1 Å².